The highest BCUT2D eigenvalue weighted by Gasteiger charge is 2.44. The number of amidine groups is 1. The van der Waals surface area contributed by atoms with Crippen molar-refractivity contribution in [2.45, 2.75) is 44.1 Å². The zero-order chi connectivity index (χ0) is 23.8. The van der Waals surface area contributed by atoms with Crippen LogP contribution in [0, 0.1) is 0 Å². The molecule has 10 nitrogen and oxygen atoms in total. The Morgan fingerprint density at radius 2 is 2.03 bits per heavy atom. The van der Waals surface area contributed by atoms with Crippen molar-refractivity contribution in [2.24, 2.45) is 5.10 Å². The van der Waals surface area contributed by atoms with Crippen molar-refractivity contribution in [2.75, 3.05) is 13.9 Å². The number of nitrogens with one attached hydrogen (secondary N) is 3. The second-order valence-corrected chi connectivity index (χ2v) is 8.94. The molecule has 1 saturated heterocycles. The molecule has 10 heteroatoms. The van der Waals surface area contributed by atoms with E-state index in [0.29, 0.717) is 19.4 Å². The van der Waals surface area contributed by atoms with Gasteiger partial charge in [-0.15, -0.1) is 0 Å². The topological polar surface area (TPSA) is 99.7 Å². The Hall–Kier alpha value is -3.92. The molecule has 4 aliphatic rings. The number of methoxy groups -OCH3 is 1. The summed E-state index contributed by atoms with van der Waals surface area (Å²) in [5, 5.41) is 9.68. The maximum atomic E-state index is 12.5. The fourth-order valence-electron chi connectivity index (χ4n) is 4.93. The van der Waals surface area contributed by atoms with Crippen molar-refractivity contribution in [3.8, 4) is 17.2 Å². The zero-order valence-corrected chi connectivity index (χ0v) is 19.4. The van der Waals surface area contributed by atoms with Gasteiger partial charge in [-0.2, -0.15) is 5.10 Å². The average molecular weight is 477 g/mol. The van der Waals surface area contributed by atoms with Gasteiger partial charge in [0.1, 0.15) is 17.8 Å². The smallest absolute Gasteiger partial charge is 0.231 e. The van der Waals surface area contributed by atoms with E-state index in [-0.39, 0.29) is 30.9 Å². The lowest BCUT2D eigenvalue weighted by atomic mass is 9.99. The van der Waals surface area contributed by atoms with Crippen molar-refractivity contribution in [1.29, 1.82) is 0 Å². The Morgan fingerprint density at radius 3 is 2.89 bits per heavy atom. The Morgan fingerprint density at radius 1 is 1.17 bits per heavy atom. The lowest BCUT2D eigenvalue weighted by molar-refractivity contribution is -0.121. The third kappa shape index (κ3) is 4.21. The van der Waals surface area contributed by atoms with E-state index in [1.807, 2.05) is 42.7 Å². The van der Waals surface area contributed by atoms with Crippen LogP contribution in [0.4, 0.5) is 0 Å². The van der Waals surface area contributed by atoms with Gasteiger partial charge in [0.25, 0.3) is 0 Å². The Kier molecular flexibility index (Phi) is 5.57. The van der Waals surface area contributed by atoms with E-state index in [1.54, 1.807) is 7.11 Å². The Labute approximate surface area is 203 Å². The minimum absolute atomic E-state index is 0.0152. The van der Waals surface area contributed by atoms with E-state index in [9.17, 15) is 4.79 Å². The molecule has 6 rings (SSSR count). The Bertz CT molecular complexity index is 1170. The molecular weight excluding hydrogens is 448 g/mol. The van der Waals surface area contributed by atoms with Gasteiger partial charge in [0.15, 0.2) is 11.5 Å². The summed E-state index contributed by atoms with van der Waals surface area (Å²) in [6, 6.07) is 14.3. The molecular formula is C25H28N6O4. The van der Waals surface area contributed by atoms with Gasteiger partial charge < -0.3 is 29.4 Å². The van der Waals surface area contributed by atoms with Gasteiger partial charge in [-0.05, 0) is 41.8 Å². The van der Waals surface area contributed by atoms with E-state index in [1.165, 1.54) is 5.56 Å². The molecule has 2 aromatic carbocycles. The summed E-state index contributed by atoms with van der Waals surface area (Å²) in [6.45, 7) is 0.686. The quantitative estimate of drug-likeness (QED) is 0.559. The number of hydrogen-bond acceptors (Lipinski definition) is 9. The summed E-state index contributed by atoms with van der Waals surface area (Å²) < 4.78 is 16.0. The number of hydrazine groups is 1. The van der Waals surface area contributed by atoms with Crippen molar-refractivity contribution >= 4 is 11.7 Å². The van der Waals surface area contributed by atoms with Crippen LogP contribution in [0.15, 0.2) is 60.0 Å². The molecule has 0 aliphatic carbocycles. The third-order valence-electron chi connectivity index (χ3n) is 6.84. The fraction of sp³-hybridized carbons (Fsp3) is 0.360. The predicted octanol–water partition coefficient (Wildman–Crippen LogP) is 2.17. The number of nitrogens with zero attached hydrogens (tertiary/aromatic N) is 3. The largest absolute Gasteiger partial charge is 0.497 e. The van der Waals surface area contributed by atoms with Gasteiger partial charge in [-0.1, -0.05) is 18.2 Å². The number of benzene rings is 2. The van der Waals surface area contributed by atoms with Crippen LogP contribution in [0.1, 0.15) is 36.4 Å². The van der Waals surface area contributed by atoms with Gasteiger partial charge in [-0.3, -0.25) is 10.2 Å². The minimum Gasteiger partial charge on any atom is -0.497 e. The normalized spacial score (nSPS) is 23.5. The molecule has 1 amide bonds. The average Bonchev–Trinajstić information content (AvgIpc) is 3.63. The highest BCUT2D eigenvalue weighted by molar-refractivity contribution is 5.89. The highest BCUT2D eigenvalue weighted by atomic mass is 16.7. The molecule has 0 bridgehead atoms. The summed E-state index contributed by atoms with van der Waals surface area (Å²) in [5.41, 5.74) is 9.05. The summed E-state index contributed by atoms with van der Waals surface area (Å²) in [4.78, 5) is 14.6. The van der Waals surface area contributed by atoms with Crippen LogP contribution < -0.4 is 30.4 Å². The van der Waals surface area contributed by atoms with Crippen LogP contribution in [0.5, 0.6) is 17.2 Å². The van der Waals surface area contributed by atoms with Crippen LogP contribution in [0.25, 0.3) is 0 Å². The minimum atomic E-state index is -0.0152. The molecule has 0 radical (unpaired) electrons. The van der Waals surface area contributed by atoms with E-state index < -0.39 is 0 Å². The molecule has 182 valence electrons. The van der Waals surface area contributed by atoms with Crippen molar-refractivity contribution in [3.63, 3.8) is 0 Å². The van der Waals surface area contributed by atoms with E-state index >= 15 is 0 Å². The lowest BCUT2D eigenvalue weighted by Gasteiger charge is -2.37. The predicted molar refractivity (Wildman–Crippen MR) is 128 cm³/mol. The molecule has 1 fully saturated rings. The van der Waals surface area contributed by atoms with Crippen LogP contribution in [-0.2, 0) is 11.3 Å². The van der Waals surface area contributed by atoms with Crippen molar-refractivity contribution in [3.05, 3.63) is 66.0 Å². The molecule has 0 aromatic heterocycles. The summed E-state index contributed by atoms with van der Waals surface area (Å²) >= 11 is 0. The SMILES string of the molecule is COc1ccc(C2CC3C4NN=C(CCC(=O)NCc5ccc6c(c5)OCO6)N4C=CN3N2)cc1. The Balaban J connectivity index is 1.01. The van der Waals surface area contributed by atoms with Crippen LogP contribution in [-0.4, -0.2) is 47.8 Å². The second-order valence-electron chi connectivity index (χ2n) is 8.94. The monoisotopic (exact) mass is 476 g/mol. The first kappa shape index (κ1) is 21.6. The zero-order valence-electron chi connectivity index (χ0n) is 19.4. The molecule has 0 saturated carbocycles. The summed E-state index contributed by atoms with van der Waals surface area (Å²) in [5.74, 6) is 3.17. The first-order chi connectivity index (χ1) is 17.2. The molecule has 3 atom stereocenters. The van der Waals surface area contributed by atoms with Gasteiger partial charge >= 0.3 is 0 Å². The van der Waals surface area contributed by atoms with Crippen LogP contribution >= 0.6 is 0 Å². The summed E-state index contributed by atoms with van der Waals surface area (Å²) in [6.07, 6.45) is 5.96. The fourth-order valence-corrected chi connectivity index (χ4v) is 4.93. The van der Waals surface area contributed by atoms with Crippen LogP contribution in [0.2, 0.25) is 0 Å². The number of hydrazone groups is 1. The van der Waals surface area contributed by atoms with E-state index in [4.69, 9.17) is 14.2 Å². The molecule has 3 unspecified atom stereocenters. The van der Waals surface area contributed by atoms with Gasteiger partial charge in [0, 0.05) is 31.8 Å². The van der Waals surface area contributed by atoms with Gasteiger partial charge in [0.2, 0.25) is 12.7 Å². The molecule has 3 N–H and O–H groups in total. The number of carbonyl (C=O) groups is 1. The second kappa shape index (κ2) is 9.03. The van der Waals surface area contributed by atoms with Crippen LogP contribution in [0.3, 0.4) is 0 Å². The number of hydrogen-bond donors (Lipinski definition) is 3. The number of ether oxygens (including phenoxy) is 3. The van der Waals surface area contributed by atoms with E-state index in [0.717, 1.165) is 35.1 Å². The molecule has 0 spiro atoms. The first-order valence-electron chi connectivity index (χ1n) is 11.8. The molecule has 35 heavy (non-hydrogen) atoms. The summed E-state index contributed by atoms with van der Waals surface area (Å²) in [7, 11) is 1.68. The van der Waals surface area contributed by atoms with Crippen molar-refractivity contribution < 1.29 is 19.0 Å². The number of amides is 1. The van der Waals surface area contributed by atoms with E-state index in [2.05, 4.69) is 43.3 Å². The lowest BCUT2D eigenvalue weighted by Crippen LogP contribution is -2.54. The van der Waals surface area contributed by atoms with Crippen molar-refractivity contribution in [1.82, 2.24) is 26.1 Å². The number of rotatable bonds is 7. The number of carbonyl (C=O) groups excluding carboxylic acids is 1. The highest BCUT2D eigenvalue weighted by Crippen LogP contribution is 2.35. The number of fused-ring (bicyclic) bond motifs is 4. The maximum absolute atomic E-state index is 12.5. The first-order valence-corrected chi connectivity index (χ1v) is 11.8. The third-order valence-corrected chi connectivity index (χ3v) is 6.84. The standard InChI is InChI=1S/C25H28N6O4/c1-33-18-5-3-17(4-6-18)19-13-20-25-28-27-23(30(25)10-11-31(20)29-19)8-9-24(32)26-14-16-2-7-21-22(12-16)35-15-34-21/h2-7,10-12,19-20,25,28-29H,8-9,13-15H2,1H3,(H,26,32). The molecule has 2 aromatic rings. The molecule has 4 aliphatic heterocycles. The van der Waals surface area contributed by atoms with Gasteiger partial charge in [-0.25, -0.2) is 5.43 Å². The molecule has 4 heterocycles. The van der Waals surface area contributed by atoms with Gasteiger partial charge in [0.05, 0.1) is 19.2 Å². The maximum Gasteiger partial charge on any atom is 0.231 e.